The quantitative estimate of drug-likeness (QED) is 0.780. The number of aryl methyl sites for hydroxylation is 1. The first-order chi connectivity index (χ1) is 8.93. The molecule has 98 valence electrons. The molecular formula is C13H12N2O3S. The highest BCUT2D eigenvalue weighted by Gasteiger charge is 2.12. The molecule has 0 saturated heterocycles. The second-order valence-corrected chi connectivity index (χ2v) is 6.46. The summed E-state index contributed by atoms with van der Waals surface area (Å²) in [6, 6.07) is 8.49. The topological polar surface area (TPSA) is 76.0 Å². The summed E-state index contributed by atoms with van der Waals surface area (Å²) in [5, 5.41) is 0. The van der Waals surface area contributed by atoms with Crippen molar-refractivity contribution < 1.29 is 12.8 Å². The van der Waals surface area contributed by atoms with Crippen molar-refractivity contribution in [2.75, 3.05) is 6.26 Å². The Morgan fingerprint density at radius 2 is 2.00 bits per heavy atom. The van der Waals surface area contributed by atoms with Gasteiger partial charge < -0.3 is 9.40 Å². The molecule has 0 amide bonds. The summed E-state index contributed by atoms with van der Waals surface area (Å²) < 4.78 is 28.5. The summed E-state index contributed by atoms with van der Waals surface area (Å²) in [5.41, 5.74) is 1.38. The van der Waals surface area contributed by atoms with Gasteiger partial charge in [0.05, 0.1) is 15.9 Å². The van der Waals surface area contributed by atoms with E-state index >= 15 is 0 Å². The van der Waals surface area contributed by atoms with Crippen molar-refractivity contribution in [2.45, 2.75) is 11.8 Å². The van der Waals surface area contributed by atoms with E-state index in [0.29, 0.717) is 22.6 Å². The fraction of sp³-hybridized carbons (Fsp3) is 0.154. The van der Waals surface area contributed by atoms with Crippen LogP contribution >= 0.6 is 0 Å². The normalized spacial score (nSPS) is 12.1. The van der Waals surface area contributed by atoms with E-state index in [-0.39, 0.29) is 4.90 Å². The molecule has 19 heavy (non-hydrogen) atoms. The Kier molecular flexibility index (Phi) is 2.50. The zero-order valence-corrected chi connectivity index (χ0v) is 11.3. The van der Waals surface area contributed by atoms with Crippen LogP contribution in [-0.4, -0.2) is 24.6 Å². The lowest BCUT2D eigenvalue weighted by atomic mass is 10.3. The molecule has 0 aliphatic heterocycles. The van der Waals surface area contributed by atoms with Gasteiger partial charge in [0.25, 0.3) is 0 Å². The summed E-state index contributed by atoms with van der Waals surface area (Å²) in [5.74, 6) is 2.02. The third-order valence-electron chi connectivity index (χ3n) is 2.86. The van der Waals surface area contributed by atoms with E-state index in [1.54, 1.807) is 18.2 Å². The fourth-order valence-corrected chi connectivity index (χ4v) is 2.55. The Balaban J connectivity index is 2.16. The van der Waals surface area contributed by atoms with Crippen LogP contribution in [0.25, 0.3) is 22.6 Å². The lowest BCUT2D eigenvalue weighted by Crippen LogP contribution is -1.96. The third-order valence-corrected chi connectivity index (χ3v) is 3.97. The van der Waals surface area contributed by atoms with Crippen molar-refractivity contribution in [3.8, 4) is 11.6 Å². The number of H-pyrrole nitrogens is 1. The average Bonchev–Trinajstić information content (AvgIpc) is 2.92. The van der Waals surface area contributed by atoms with E-state index in [1.807, 2.05) is 19.1 Å². The van der Waals surface area contributed by atoms with Gasteiger partial charge in [-0.15, -0.1) is 0 Å². The predicted octanol–water partition coefficient (Wildman–Crippen LogP) is 2.53. The molecule has 3 aromatic rings. The molecule has 0 radical (unpaired) electrons. The van der Waals surface area contributed by atoms with E-state index < -0.39 is 9.84 Å². The van der Waals surface area contributed by atoms with Gasteiger partial charge in [-0.25, -0.2) is 13.4 Å². The van der Waals surface area contributed by atoms with Crippen LogP contribution in [0.4, 0.5) is 0 Å². The molecule has 0 bridgehead atoms. The van der Waals surface area contributed by atoms with Gasteiger partial charge >= 0.3 is 0 Å². The number of rotatable bonds is 2. The number of benzene rings is 1. The standard InChI is InChI=1S/C13H12N2O3S/c1-8-3-6-12(18-8)13-14-10-5-4-9(19(2,16)17)7-11(10)15-13/h3-7H,1-2H3,(H,14,15). The molecule has 2 heterocycles. The van der Waals surface area contributed by atoms with Crippen molar-refractivity contribution in [3.63, 3.8) is 0 Å². The monoisotopic (exact) mass is 276 g/mol. The summed E-state index contributed by atoms with van der Waals surface area (Å²) >= 11 is 0. The van der Waals surface area contributed by atoms with Gasteiger partial charge in [-0.3, -0.25) is 0 Å². The Morgan fingerprint density at radius 1 is 1.21 bits per heavy atom. The van der Waals surface area contributed by atoms with Gasteiger partial charge in [0, 0.05) is 6.26 Å². The van der Waals surface area contributed by atoms with Crippen LogP contribution in [0.1, 0.15) is 5.76 Å². The number of hydrogen-bond donors (Lipinski definition) is 1. The van der Waals surface area contributed by atoms with E-state index in [4.69, 9.17) is 4.42 Å². The number of aromatic amines is 1. The Hall–Kier alpha value is -2.08. The zero-order chi connectivity index (χ0) is 13.6. The van der Waals surface area contributed by atoms with Crippen LogP contribution < -0.4 is 0 Å². The molecule has 1 N–H and O–H groups in total. The summed E-state index contributed by atoms with van der Waals surface area (Å²) in [6.07, 6.45) is 1.18. The molecule has 1 aromatic carbocycles. The van der Waals surface area contributed by atoms with Crippen LogP contribution in [0.5, 0.6) is 0 Å². The van der Waals surface area contributed by atoms with Crippen molar-refractivity contribution in [1.82, 2.24) is 9.97 Å². The lowest BCUT2D eigenvalue weighted by molar-refractivity contribution is 0.545. The van der Waals surface area contributed by atoms with Gasteiger partial charge in [-0.2, -0.15) is 0 Å². The van der Waals surface area contributed by atoms with Gasteiger partial charge in [0.2, 0.25) is 0 Å². The minimum absolute atomic E-state index is 0.269. The van der Waals surface area contributed by atoms with Crippen molar-refractivity contribution in [3.05, 3.63) is 36.1 Å². The van der Waals surface area contributed by atoms with Gasteiger partial charge in [-0.1, -0.05) is 0 Å². The number of fused-ring (bicyclic) bond motifs is 1. The Labute approximate surface area is 110 Å². The number of furan rings is 1. The number of sulfone groups is 1. The van der Waals surface area contributed by atoms with Crippen LogP contribution in [0.2, 0.25) is 0 Å². The zero-order valence-electron chi connectivity index (χ0n) is 10.5. The third kappa shape index (κ3) is 2.15. The minimum Gasteiger partial charge on any atom is -0.458 e. The molecule has 0 aliphatic rings. The number of nitrogens with one attached hydrogen (secondary N) is 1. The number of imidazole rings is 1. The number of hydrogen-bond acceptors (Lipinski definition) is 4. The van der Waals surface area contributed by atoms with Crippen LogP contribution in [0.15, 0.2) is 39.6 Å². The first kappa shape index (κ1) is 12.0. The van der Waals surface area contributed by atoms with Gasteiger partial charge in [0.1, 0.15) is 5.76 Å². The summed E-state index contributed by atoms with van der Waals surface area (Å²) in [4.78, 5) is 7.71. The highest BCUT2D eigenvalue weighted by Crippen LogP contribution is 2.24. The molecule has 0 aliphatic carbocycles. The van der Waals surface area contributed by atoms with Crippen molar-refractivity contribution >= 4 is 20.9 Å². The van der Waals surface area contributed by atoms with Crippen molar-refractivity contribution in [1.29, 1.82) is 0 Å². The second-order valence-electron chi connectivity index (χ2n) is 4.45. The van der Waals surface area contributed by atoms with Crippen LogP contribution in [0.3, 0.4) is 0 Å². The predicted molar refractivity (Wildman–Crippen MR) is 71.6 cm³/mol. The molecule has 0 spiro atoms. The van der Waals surface area contributed by atoms with Crippen molar-refractivity contribution in [2.24, 2.45) is 0 Å². The molecule has 0 atom stereocenters. The Bertz CT molecular complexity index is 859. The maximum absolute atomic E-state index is 11.5. The molecule has 0 unspecified atom stereocenters. The first-order valence-corrected chi connectivity index (χ1v) is 7.59. The molecule has 6 heteroatoms. The largest absolute Gasteiger partial charge is 0.458 e. The molecule has 3 rings (SSSR count). The average molecular weight is 276 g/mol. The van der Waals surface area contributed by atoms with E-state index in [9.17, 15) is 8.42 Å². The fourth-order valence-electron chi connectivity index (χ4n) is 1.90. The summed E-state index contributed by atoms with van der Waals surface area (Å²) in [7, 11) is -3.22. The van der Waals surface area contributed by atoms with E-state index in [0.717, 1.165) is 5.76 Å². The SMILES string of the molecule is Cc1ccc(-c2nc3ccc(S(C)(=O)=O)cc3[nH]2)o1. The smallest absolute Gasteiger partial charge is 0.175 e. The van der Waals surface area contributed by atoms with E-state index in [1.165, 1.54) is 6.26 Å². The van der Waals surface area contributed by atoms with Crippen LogP contribution in [0, 0.1) is 6.92 Å². The minimum atomic E-state index is -3.22. The first-order valence-electron chi connectivity index (χ1n) is 5.70. The highest BCUT2D eigenvalue weighted by atomic mass is 32.2. The van der Waals surface area contributed by atoms with Gasteiger partial charge in [-0.05, 0) is 37.3 Å². The maximum atomic E-state index is 11.5. The molecule has 5 nitrogen and oxygen atoms in total. The molecule has 0 fully saturated rings. The van der Waals surface area contributed by atoms with Gasteiger partial charge in [0.15, 0.2) is 21.4 Å². The molecule has 2 aromatic heterocycles. The van der Waals surface area contributed by atoms with E-state index in [2.05, 4.69) is 9.97 Å². The number of nitrogens with zero attached hydrogens (tertiary/aromatic N) is 1. The Morgan fingerprint density at radius 3 is 2.63 bits per heavy atom. The maximum Gasteiger partial charge on any atom is 0.175 e. The lowest BCUT2D eigenvalue weighted by Gasteiger charge is -1.96. The number of aromatic nitrogens is 2. The molecular weight excluding hydrogens is 264 g/mol. The van der Waals surface area contributed by atoms with Crippen LogP contribution in [-0.2, 0) is 9.84 Å². The highest BCUT2D eigenvalue weighted by molar-refractivity contribution is 7.90. The summed E-state index contributed by atoms with van der Waals surface area (Å²) in [6.45, 7) is 1.86. The second kappa shape index (κ2) is 3.96. The molecule has 0 saturated carbocycles.